The van der Waals surface area contributed by atoms with Crippen LogP contribution in [0.1, 0.15) is 64.7 Å². The van der Waals surface area contributed by atoms with Crippen LogP contribution in [0.15, 0.2) is 0 Å². The van der Waals surface area contributed by atoms with Crippen LogP contribution in [-0.2, 0) is 0 Å². The molecule has 2 aliphatic carbocycles. The summed E-state index contributed by atoms with van der Waals surface area (Å²) < 4.78 is 0. The molecule has 2 saturated heterocycles. The van der Waals surface area contributed by atoms with Gasteiger partial charge in [0, 0.05) is 24.7 Å². The minimum Gasteiger partial charge on any atom is -0.314 e. The summed E-state index contributed by atoms with van der Waals surface area (Å²) in [5.74, 6) is 1.13. The van der Waals surface area contributed by atoms with Crippen LogP contribution < -0.4 is 5.32 Å². The van der Waals surface area contributed by atoms with Crippen LogP contribution in [0.5, 0.6) is 0 Å². The predicted molar refractivity (Wildman–Crippen MR) is 79.2 cm³/mol. The van der Waals surface area contributed by atoms with Gasteiger partial charge in [-0.15, -0.1) is 0 Å². The molecule has 2 aliphatic heterocycles. The van der Waals surface area contributed by atoms with Gasteiger partial charge in [-0.2, -0.15) is 0 Å². The van der Waals surface area contributed by atoms with Gasteiger partial charge in [0.1, 0.15) is 0 Å². The Kier molecular flexibility index (Phi) is 3.15. The van der Waals surface area contributed by atoms with Gasteiger partial charge in [0.15, 0.2) is 0 Å². The Morgan fingerprint density at radius 2 is 1.74 bits per heavy atom. The first kappa shape index (κ1) is 12.6. The normalized spacial score (nSPS) is 40.6. The smallest absolute Gasteiger partial charge is 0.0114 e. The van der Waals surface area contributed by atoms with Crippen molar-refractivity contribution in [1.82, 2.24) is 10.2 Å². The molecule has 2 nitrogen and oxygen atoms in total. The van der Waals surface area contributed by atoms with E-state index in [1.807, 2.05) is 0 Å². The average Bonchev–Trinajstić information content (AvgIpc) is 3.27. The van der Waals surface area contributed by atoms with E-state index < -0.39 is 0 Å². The lowest BCUT2D eigenvalue weighted by Crippen LogP contribution is -2.51. The van der Waals surface area contributed by atoms with E-state index in [1.165, 1.54) is 45.2 Å². The Hall–Kier alpha value is -0.0800. The zero-order valence-electron chi connectivity index (χ0n) is 12.5. The molecule has 0 aromatic rings. The van der Waals surface area contributed by atoms with Crippen LogP contribution in [0.2, 0.25) is 0 Å². The van der Waals surface area contributed by atoms with Crippen LogP contribution in [0.3, 0.4) is 0 Å². The zero-order chi connectivity index (χ0) is 12.9. The van der Waals surface area contributed by atoms with E-state index in [9.17, 15) is 0 Å². The number of rotatable bonds is 6. The molecule has 2 heterocycles. The molecule has 4 rings (SSSR count). The van der Waals surface area contributed by atoms with Gasteiger partial charge in [-0.05, 0) is 75.7 Å². The second-order valence-corrected chi connectivity index (χ2v) is 7.82. The van der Waals surface area contributed by atoms with Gasteiger partial charge in [-0.25, -0.2) is 0 Å². The third-order valence-electron chi connectivity index (χ3n) is 6.40. The Morgan fingerprint density at radius 1 is 1.05 bits per heavy atom. The van der Waals surface area contributed by atoms with Gasteiger partial charge in [-0.1, -0.05) is 6.92 Å². The molecule has 0 radical (unpaired) electrons. The van der Waals surface area contributed by atoms with Crippen molar-refractivity contribution in [2.45, 2.75) is 82.8 Å². The molecule has 108 valence electrons. The lowest BCUT2D eigenvalue weighted by molar-refractivity contribution is 0.0864. The molecular weight excluding hydrogens is 232 g/mol. The van der Waals surface area contributed by atoms with Crippen LogP contribution in [0.25, 0.3) is 0 Å². The first-order valence-electron chi connectivity index (χ1n) is 8.80. The van der Waals surface area contributed by atoms with Gasteiger partial charge >= 0.3 is 0 Å². The van der Waals surface area contributed by atoms with Crippen molar-refractivity contribution >= 4 is 0 Å². The lowest BCUT2D eigenvalue weighted by Gasteiger charge is -2.41. The Balaban J connectivity index is 1.37. The zero-order valence-corrected chi connectivity index (χ0v) is 12.5. The Bertz CT molecular complexity index is 318. The first-order chi connectivity index (χ1) is 9.31. The molecule has 0 amide bonds. The second-order valence-electron chi connectivity index (χ2n) is 7.82. The standard InChI is InChI=1S/C17H30N2/c1-2-9-18-14-10-15-5-6-16(11-14)19(15)12-17(7-8-17)13-3-4-13/h13-16,18H,2-12H2,1H3. The topological polar surface area (TPSA) is 15.3 Å². The third-order valence-corrected chi connectivity index (χ3v) is 6.40. The van der Waals surface area contributed by atoms with Crippen molar-refractivity contribution < 1.29 is 0 Å². The van der Waals surface area contributed by atoms with Gasteiger partial charge in [-0.3, -0.25) is 4.90 Å². The highest BCUT2D eigenvalue weighted by Gasteiger charge is 2.56. The maximum Gasteiger partial charge on any atom is 0.0114 e. The molecule has 1 N–H and O–H groups in total. The Labute approximate surface area is 118 Å². The molecule has 2 atom stereocenters. The molecule has 4 aliphatic rings. The van der Waals surface area contributed by atoms with E-state index >= 15 is 0 Å². The second kappa shape index (κ2) is 4.73. The summed E-state index contributed by atoms with van der Waals surface area (Å²) in [6.07, 6.45) is 13.3. The maximum absolute atomic E-state index is 3.78. The number of hydrogen-bond donors (Lipinski definition) is 1. The van der Waals surface area contributed by atoms with Crippen molar-refractivity contribution in [1.29, 1.82) is 0 Å². The quantitative estimate of drug-likeness (QED) is 0.791. The molecule has 2 unspecified atom stereocenters. The number of nitrogens with one attached hydrogen (secondary N) is 1. The van der Waals surface area contributed by atoms with Crippen molar-refractivity contribution in [3.05, 3.63) is 0 Å². The van der Waals surface area contributed by atoms with Crippen LogP contribution >= 0.6 is 0 Å². The lowest BCUT2D eigenvalue weighted by atomic mass is 9.93. The first-order valence-corrected chi connectivity index (χ1v) is 8.80. The summed E-state index contributed by atoms with van der Waals surface area (Å²) in [5.41, 5.74) is 0.810. The highest BCUT2D eigenvalue weighted by molar-refractivity contribution is 5.08. The van der Waals surface area contributed by atoms with Crippen LogP contribution in [0, 0.1) is 11.3 Å². The van der Waals surface area contributed by atoms with E-state index in [-0.39, 0.29) is 0 Å². The van der Waals surface area contributed by atoms with Gasteiger partial charge in [0.25, 0.3) is 0 Å². The summed E-state index contributed by atoms with van der Waals surface area (Å²) in [4.78, 5) is 2.95. The fourth-order valence-electron chi connectivity index (χ4n) is 4.96. The maximum atomic E-state index is 3.78. The predicted octanol–water partition coefficient (Wildman–Crippen LogP) is 3.17. The minimum absolute atomic E-state index is 0.810. The minimum atomic E-state index is 0.810. The number of hydrogen-bond acceptors (Lipinski definition) is 2. The van der Waals surface area contributed by atoms with E-state index in [0.29, 0.717) is 0 Å². The SMILES string of the molecule is CCCNC1CC2CCC(C1)N2CC1(C2CC2)CC1. The van der Waals surface area contributed by atoms with E-state index in [2.05, 4.69) is 17.1 Å². The van der Waals surface area contributed by atoms with Crippen LogP contribution in [-0.4, -0.2) is 36.1 Å². The summed E-state index contributed by atoms with van der Waals surface area (Å²) in [5, 5.41) is 3.78. The molecule has 0 aromatic carbocycles. The van der Waals surface area contributed by atoms with Crippen molar-refractivity contribution in [3.8, 4) is 0 Å². The highest BCUT2D eigenvalue weighted by atomic mass is 15.2. The van der Waals surface area contributed by atoms with E-state index in [0.717, 1.165) is 29.5 Å². The molecule has 2 saturated carbocycles. The summed E-state index contributed by atoms with van der Waals surface area (Å²) in [6, 6.07) is 2.67. The van der Waals surface area contributed by atoms with Crippen molar-refractivity contribution in [2.24, 2.45) is 11.3 Å². The Morgan fingerprint density at radius 3 is 2.26 bits per heavy atom. The highest BCUT2D eigenvalue weighted by Crippen LogP contribution is 2.62. The fraction of sp³-hybridized carbons (Fsp3) is 1.00. The molecule has 0 spiro atoms. The van der Waals surface area contributed by atoms with Gasteiger partial charge in [0.2, 0.25) is 0 Å². The number of fused-ring (bicyclic) bond motifs is 2. The average molecular weight is 262 g/mol. The summed E-state index contributed by atoms with van der Waals surface area (Å²) in [7, 11) is 0. The molecule has 0 aromatic heterocycles. The molecule has 2 heteroatoms. The third kappa shape index (κ3) is 2.35. The van der Waals surface area contributed by atoms with Crippen molar-refractivity contribution in [2.75, 3.05) is 13.1 Å². The molecule has 4 fully saturated rings. The summed E-state index contributed by atoms with van der Waals surface area (Å²) in [6.45, 7) is 4.97. The monoisotopic (exact) mass is 262 g/mol. The fourth-order valence-corrected chi connectivity index (χ4v) is 4.96. The largest absolute Gasteiger partial charge is 0.314 e. The molecule has 2 bridgehead atoms. The summed E-state index contributed by atoms with van der Waals surface area (Å²) >= 11 is 0. The van der Waals surface area contributed by atoms with Gasteiger partial charge < -0.3 is 5.32 Å². The van der Waals surface area contributed by atoms with Crippen molar-refractivity contribution in [3.63, 3.8) is 0 Å². The number of nitrogens with zero attached hydrogens (tertiary/aromatic N) is 1. The molecular formula is C17H30N2. The number of piperidine rings is 1. The van der Waals surface area contributed by atoms with E-state index in [4.69, 9.17) is 0 Å². The van der Waals surface area contributed by atoms with Gasteiger partial charge in [0.05, 0.1) is 0 Å². The molecule has 19 heavy (non-hydrogen) atoms. The van der Waals surface area contributed by atoms with E-state index in [1.54, 1.807) is 25.7 Å². The van der Waals surface area contributed by atoms with Crippen LogP contribution in [0.4, 0.5) is 0 Å².